The zero-order valence-corrected chi connectivity index (χ0v) is 21.0. The van der Waals surface area contributed by atoms with Crippen molar-refractivity contribution in [1.29, 1.82) is 0 Å². The van der Waals surface area contributed by atoms with E-state index in [0.29, 0.717) is 38.5 Å². The lowest BCUT2D eigenvalue weighted by atomic mass is 9.99. The molecule has 0 aliphatic rings. The smallest absolute Gasteiger partial charge is 0.224 e. The molecule has 0 aliphatic heterocycles. The van der Waals surface area contributed by atoms with Crippen molar-refractivity contribution < 1.29 is 9.53 Å². The predicted octanol–water partition coefficient (Wildman–Crippen LogP) is 5.84. The fourth-order valence-corrected chi connectivity index (χ4v) is 4.31. The maximum absolute atomic E-state index is 12.5. The summed E-state index contributed by atoms with van der Waals surface area (Å²) in [6.07, 6.45) is 2.19. The maximum Gasteiger partial charge on any atom is 0.224 e. The Morgan fingerprint density at radius 3 is 2.54 bits per heavy atom. The number of imidazole rings is 1. The molecule has 4 aromatic rings. The highest BCUT2D eigenvalue weighted by atomic mass is 16.5. The molecule has 0 spiro atoms. The average molecular weight is 470 g/mol. The highest BCUT2D eigenvalue weighted by Gasteiger charge is 2.12. The first kappa shape index (κ1) is 24.5. The quantitative estimate of drug-likeness (QED) is 0.300. The summed E-state index contributed by atoms with van der Waals surface area (Å²) in [5.41, 5.74) is 5.59. The average Bonchev–Trinajstić information content (AvgIpc) is 3.22. The van der Waals surface area contributed by atoms with Gasteiger partial charge in [-0.25, -0.2) is 4.98 Å². The van der Waals surface area contributed by atoms with Gasteiger partial charge < -0.3 is 14.6 Å². The Labute approximate surface area is 208 Å². The lowest BCUT2D eigenvalue weighted by Gasteiger charge is -2.13. The number of aromatic nitrogens is 2. The summed E-state index contributed by atoms with van der Waals surface area (Å²) in [5.74, 6) is 2.43. The molecular formula is C30H35N3O2. The van der Waals surface area contributed by atoms with E-state index >= 15 is 0 Å². The van der Waals surface area contributed by atoms with Crippen LogP contribution in [0, 0.1) is 6.92 Å². The van der Waals surface area contributed by atoms with Crippen molar-refractivity contribution in [3.8, 4) is 5.75 Å². The standard InChI is InChI=1S/C30H35N3O2/c1-4-22(2)24-13-15-26(16-14-24)35-20-19-33-28-12-8-7-11-27(28)32-29(33)17-18-31-30(34)21-25-10-6-5-9-23(25)3/h5-16,22H,4,17-21H2,1-3H3,(H,31,34). The van der Waals surface area contributed by atoms with Crippen LogP contribution < -0.4 is 10.1 Å². The fourth-order valence-electron chi connectivity index (χ4n) is 4.31. The number of hydrogen-bond donors (Lipinski definition) is 1. The fraction of sp³-hybridized carbons (Fsp3) is 0.333. The zero-order valence-electron chi connectivity index (χ0n) is 21.0. The third kappa shape index (κ3) is 6.30. The maximum atomic E-state index is 12.5. The molecule has 1 N–H and O–H groups in total. The Kier molecular flexibility index (Phi) is 8.19. The van der Waals surface area contributed by atoms with E-state index in [9.17, 15) is 4.79 Å². The van der Waals surface area contributed by atoms with Crippen molar-refractivity contribution in [2.24, 2.45) is 0 Å². The summed E-state index contributed by atoms with van der Waals surface area (Å²) in [6, 6.07) is 24.6. The molecule has 0 saturated heterocycles. The van der Waals surface area contributed by atoms with E-state index in [1.165, 1.54) is 5.56 Å². The van der Waals surface area contributed by atoms with Gasteiger partial charge in [-0.1, -0.05) is 62.4 Å². The van der Waals surface area contributed by atoms with Gasteiger partial charge in [0.2, 0.25) is 5.91 Å². The minimum absolute atomic E-state index is 0.0335. The van der Waals surface area contributed by atoms with Gasteiger partial charge in [0.25, 0.3) is 0 Å². The third-order valence-electron chi connectivity index (χ3n) is 6.66. The van der Waals surface area contributed by atoms with E-state index in [1.807, 2.05) is 49.4 Å². The molecule has 0 fully saturated rings. The molecule has 1 amide bonds. The number of aryl methyl sites for hydroxylation is 1. The van der Waals surface area contributed by atoms with Gasteiger partial charge in [0.1, 0.15) is 18.2 Å². The van der Waals surface area contributed by atoms with Crippen LogP contribution >= 0.6 is 0 Å². The lowest BCUT2D eigenvalue weighted by molar-refractivity contribution is -0.120. The zero-order chi connectivity index (χ0) is 24.6. The molecule has 3 aromatic carbocycles. The minimum atomic E-state index is 0.0335. The van der Waals surface area contributed by atoms with Gasteiger partial charge in [-0.3, -0.25) is 4.79 Å². The Morgan fingerprint density at radius 2 is 1.77 bits per heavy atom. The van der Waals surface area contributed by atoms with E-state index in [4.69, 9.17) is 9.72 Å². The molecule has 5 nitrogen and oxygen atoms in total. The van der Waals surface area contributed by atoms with Gasteiger partial charge in [0, 0.05) is 13.0 Å². The van der Waals surface area contributed by atoms with Crippen LogP contribution in [-0.2, 0) is 24.2 Å². The largest absolute Gasteiger partial charge is 0.492 e. The molecule has 5 heteroatoms. The number of hydrogen-bond acceptors (Lipinski definition) is 3. The SMILES string of the molecule is CCC(C)c1ccc(OCCn2c(CCNC(=O)Cc3ccccc3C)nc3ccccc32)cc1. The van der Waals surface area contributed by atoms with Crippen LogP contribution in [0.15, 0.2) is 72.8 Å². The molecule has 182 valence electrons. The van der Waals surface area contributed by atoms with Crippen LogP contribution in [0.2, 0.25) is 0 Å². The van der Waals surface area contributed by atoms with Crippen molar-refractivity contribution >= 4 is 16.9 Å². The molecule has 1 aromatic heterocycles. The van der Waals surface area contributed by atoms with Crippen molar-refractivity contribution in [2.45, 2.75) is 52.5 Å². The van der Waals surface area contributed by atoms with Crippen molar-refractivity contribution in [2.75, 3.05) is 13.2 Å². The molecule has 1 unspecified atom stereocenters. The topological polar surface area (TPSA) is 56.1 Å². The molecule has 4 rings (SSSR count). The molecule has 1 atom stereocenters. The number of para-hydroxylation sites is 2. The molecule has 0 aliphatic carbocycles. The molecular weight excluding hydrogens is 434 g/mol. The summed E-state index contributed by atoms with van der Waals surface area (Å²) in [7, 11) is 0. The number of carbonyl (C=O) groups is 1. The van der Waals surface area contributed by atoms with Crippen LogP contribution in [0.3, 0.4) is 0 Å². The molecule has 1 heterocycles. The Balaban J connectivity index is 1.36. The van der Waals surface area contributed by atoms with Crippen LogP contribution in [-0.4, -0.2) is 28.6 Å². The monoisotopic (exact) mass is 469 g/mol. The summed E-state index contributed by atoms with van der Waals surface area (Å²) in [5, 5.41) is 3.06. The number of amides is 1. The normalized spacial score (nSPS) is 12.0. The van der Waals surface area contributed by atoms with Crippen molar-refractivity contribution in [3.05, 3.63) is 95.3 Å². The highest BCUT2D eigenvalue weighted by molar-refractivity contribution is 5.79. The number of fused-ring (bicyclic) bond motifs is 1. The summed E-state index contributed by atoms with van der Waals surface area (Å²) in [4.78, 5) is 17.3. The number of ether oxygens (including phenoxy) is 1. The Morgan fingerprint density at radius 1 is 1.03 bits per heavy atom. The highest BCUT2D eigenvalue weighted by Crippen LogP contribution is 2.22. The second kappa shape index (κ2) is 11.7. The molecule has 0 saturated carbocycles. The first-order valence-corrected chi connectivity index (χ1v) is 12.5. The van der Waals surface area contributed by atoms with Crippen LogP contribution in [0.5, 0.6) is 5.75 Å². The number of benzene rings is 3. The van der Waals surface area contributed by atoms with Crippen LogP contribution in [0.4, 0.5) is 0 Å². The summed E-state index contributed by atoms with van der Waals surface area (Å²) < 4.78 is 8.26. The van der Waals surface area contributed by atoms with Gasteiger partial charge in [0.15, 0.2) is 0 Å². The second-order valence-corrected chi connectivity index (χ2v) is 9.10. The van der Waals surface area contributed by atoms with Gasteiger partial charge in [-0.15, -0.1) is 0 Å². The first-order valence-electron chi connectivity index (χ1n) is 12.5. The Bertz CT molecular complexity index is 1260. The van der Waals surface area contributed by atoms with Gasteiger partial charge in [0.05, 0.1) is 24.0 Å². The van der Waals surface area contributed by atoms with E-state index in [0.717, 1.165) is 40.2 Å². The molecule has 0 bridgehead atoms. The summed E-state index contributed by atoms with van der Waals surface area (Å²) >= 11 is 0. The van der Waals surface area contributed by atoms with E-state index in [2.05, 4.69) is 54.1 Å². The van der Waals surface area contributed by atoms with Crippen molar-refractivity contribution in [3.63, 3.8) is 0 Å². The third-order valence-corrected chi connectivity index (χ3v) is 6.66. The predicted molar refractivity (Wildman–Crippen MR) is 142 cm³/mol. The Hall–Kier alpha value is -3.60. The first-order chi connectivity index (χ1) is 17.0. The van der Waals surface area contributed by atoms with E-state index < -0.39 is 0 Å². The number of nitrogens with one attached hydrogen (secondary N) is 1. The van der Waals surface area contributed by atoms with E-state index in [-0.39, 0.29) is 5.91 Å². The number of carbonyl (C=O) groups excluding carboxylic acids is 1. The van der Waals surface area contributed by atoms with Crippen molar-refractivity contribution in [1.82, 2.24) is 14.9 Å². The van der Waals surface area contributed by atoms with Crippen LogP contribution in [0.1, 0.15) is 48.7 Å². The molecule has 0 radical (unpaired) electrons. The van der Waals surface area contributed by atoms with Gasteiger partial charge >= 0.3 is 0 Å². The van der Waals surface area contributed by atoms with Gasteiger partial charge in [-0.05, 0) is 60.2 Å². The molecule has 35 heavy (non-hydrogen) atoms. The number of nitrogens with zero attached hydrogens (tertiary/aromatic N) is 2. The minimum Gasteiger partial charge on any atom is -0.492 e. The van der Waals surface area contributed by atoms with Crippen LogP contribution in [0.25, 0.3) is 11.0 Å². The second-order valence-electron chi connectivity index (χ2n) is 9.10. The van der Waals surface area contributed by atoms with Gasteiger partial charge in [-0.2, -0.15) is 0 Å². The number of rotatable bonds is 11. The summed E-state index contributed by atoms with van der Waals surface area (Å²) in [6.45, 7) is 8.28. The lowest BCUT2D eigenvalue weighted by Crippen LogP contribution is -2.28. The van der Waals surface area contributed by atoms with E-state index in [1.54, 1.807) is 0 Å².